The van der Waals surface area contributed by atoms with Gasteiger partial charge in [0.15, 0.2) is 12.4 Å². The molecule has 0 saturated carbocycles. The number of carbonyl (C=O) groups is 3. The van der Waals surface area contributed by atoms with Crippen molar-refractivity contribution >= 4 is 17.7 Å². The minimum absolute atomic E-state index is 0.0294. The summed E-state index contributed by atoms with van der Waals surface area (Å²) in [5, 5.41) is 2.89. The summed E-state index contributed by atoms with van der Waals surface area (Å²) < 4.78 is 5.06. The molecule has 0 radical (unpaired) electrons. The molecule has 3 rings (SSSR count). The van der Waals surface area contributed by atoms with Crippen LogP contribution in [0.2, 0.25) is 0 Å². The number of ketones is 1. The van der Waals surface area contributed by atoms with Gasteiger partial charge < -0.3 is 10.1 Å². The summed E-state index contributed by atoms with van der Waals surface area (Å²) in [5.41, 5.74) is 5.36. The number of amides is 1. The maximum absolute atomic E-state index is 12.4. The lowest BCUT2D eigenvalue weighted by Crippen LogP contribution is -2.32. The van der Waals surface area contributed by atoms with Crippen molar-refractivity contribution in [1.29, 1.82) is 0 Å². The highest BCUT2D eigenvalue weighted by molar-refractivity contribution is 5.98. The minimum atomic E-state index is -0.539. The number of Topliss-reactive ketones (excluding diaryl/α,β-unsaturated/α-hetero) is 1. The van der Waals surface area contributed by atoms with E-state index in [0.29, 0.717) is 5.56 Å². The van der Waals surface area contributed by atoms with Gasteiger partial charge in [0.05, 0.1) is 12.5 Å². The third-order valence-corrected chi connectivity index (χ3v) is 5.56. The molecule has 0 aromatic heterocycles. The Hall–Kier alpha value is -2.95. The third kappa shape index (κ3) is 5.78. The van der Waals surface area contributed by atoms with Crippen molar-refractivity contribution in [3.8, 4) is 0 Å². The first kappa shape index (κ1) is 21.8. The third-order valence-electron chi connectivity index (χ3n) is 5.56. The molecule has 0 spiro atoms. The van der Waals surface area contributed by atoms with Crippen LogP contribution in [0, 0.1) is 6.92 Å². The number of esters is 1. The van der Waals surface area contributed by atoms with Crippen LogP contribution in [0.4, 0.5) is 0 Å². The van der Waals surface area contributed by atoms with Crippen molar-refractivity contribution in [3.05, 3.63) is 70.3 Å². The molecule has 1 atom stereocenters. The van der Waals surface area contributed by atoms with Crippen LogP contribution >= 0.6 is 0 Å². The molecule has 0 saturated heterocycles. The van der Waals surface area contributed by atoms with Gasteiger partial charge in [-0.15, -0.1) is 0 Å². The molecule has 5 nitrogen and oxygen atoms in total. The molecule has 1 amide bonds. The van der Waals surface area contributed by atoms with Crippen molar-refractivity contribution in [3.63, 3.8) is 0 Å². The van der Waals surface area contributed by atoms with Gasteiger partial charge in [0.2, 0.25) is 0 Å². The molecule has 1 aliphatic rings. The van der Waals surface area contributed by atoms with Crippen LogP contribution in [0.25, 0.3) is 0 Å². The highest BCUT2D eigenvalue weighted by Crippen LogP contribution is 2.23. The van der Waals surface area contributed by atoms with Crippen molar-refractivity contribution in [1.82, 2.24) is 5.32 Å². The number of hydrogen-bond donors (Lipinski definition) is 1. The first-order valence-corrected chi connectivity index (χ1v) is 10.6. The van der Waals surface area contributed by atoms with E-state index in [0.717, 1.165) is 36.8 Å². The van der Waals surface area contributed by atoms with E-state index in [1.807, 2.05) is 56.3 Å². The van der Waals surface area contributed by atoms with Crippen LogP contribution in [-0.4, -0.2) is 24.3 Å². The quantitative estimate of drug-likeness (QED) is 0.498. The van der Waals surface area contributed by atoms with E-state index in [-0.39, 0.29) is 37.2 Å². The second-order valence-electron chi connectivity index (χ2n) is 7.86. The zero-order valence-corrected chi connectivity index (χ0v) is 17.7. The Bertz CT molecular complexity index is 917. The summed E-state index contributed by atoms with van der Waals surface area (Å²) >= 11 is 0. The zero-order chi connectivity index (χ0) is 21.5. The van der Waals surface area contributed by atoms with Crippen molar-refractivity contribution < 1.29 is 19.1 Å². The Labute approximate surface area is 177 Å². The molecular formula is C25H29NO4. The van der Waals surface area contributed by atoms with Gasteiger partial charge >= 0.3 is 5.97 Å². The summed E-state index contributed by atoms with van der Waals surface area (Å²) in [6.07, 6.45) is 4.00. The highest BCUT2D eigenvalue weighted by Gasteiger charge is 2.17. The number of benzene rings is 2. The smallest absolute Gasteiger partial charge is 0.306 e. The maximum atomic E-state index is 12.4. The Morgan fingerprint density at radius 2 is 1.73 bits per heavy atom. The topological polar surface area (TPSA) is 72.5 Å². The van der Waals surface area contributed by atoms with Gasteiger partial charge in [0.1, 0.15) is 0 Å². The van der Waals surface area contributed by atoms with Crippen LogP contribution in [0.15, 0.2) is 42.5 Å². The molecule has 0 heterocycles. The Kier molecular flexibility index (Phi) is 7.39. The summed E-state index contributed by atoms with van der Waals surface area (Å²) in [6.45, 7) is 3.66. The largest absolute Gasteiger partial charge is 0.456 e. The molecule has 1 N–H and O–H groups in total. The second-order valence-corrected chi connectivity index (χ2v) is 7.86. The molecular weight excluding hydrogens is 378 g/mol. The van der Waals surface area contributed by atoms with Crippen molar-refractivity contribution in [2.45, 2.75) is 58.4 Å². The molecule has 2 aromatic rings. The van der Waals surface area contributed by atoms with Gasteiger partial charge in [-0.25, -0.2) is 0 Å². The standard InChI is InChI=1S/C25H29NO4/c1-3-22(19-9-7-17(2)8-10-19)26-24(28)16-30-25(29)14-13-23(27)21-12-11-18-5-4-6-20(18)15-21/h7-12,15,22H,3-6,13-14,16H2,1-2H3,(H,26,28)/t22-/m1/s1. The monoisotopic (exact) mass is 407 g/mol. The van der Waals surface area contributed by atoms with Crippen LogP contribution in [0.3, 0.4) is 0 Å². The molecule has 30 heavy (non-hydrogen) atoms. The van der Waals surface area contributed by atoms with E-state index < -0.39 is 5.97 Å². The van der Waals surface area contributed by atoms with Gasteiger partial charge in [0, 0.05) is 12.0 Å². The Morgan fingerprint density at radius 1 is 1.00 bits per heavy atom. The molecule has 1 aliphatic carbocycles. The zero-order valence-electron chi connectivity index (χ0n) is 17.7. The van der Waals surface area contributed by atoms with Crippen LogP contribution in [0.5, 0.6) is 0 Å². The SMILES string of the molecule is CC[C@@H](NC(=O)COC(=O)CCC(=O)c1ccc2c(c1)CCC2)c1ccc(C)cc1. The number of nitrogens with one attached hydrogen (secondary N) is 1. The highest BCUT2D eigenvalue weighted by atomic mass is 16.5. The van der Waals surface area contributed by atoms with E-state index in [2.05, 4.69) is 5.32 Å². The fraction of sp³-hybridized carbons (Fsp3) is 0.400. The van der Waals surface area contributed by atoms with E-state index in [4.69, 9.17) is 4.74 Å². The number of carbonyl (C=O) groups excluding carboxylic acids is 3. The van der Waals surface area contributed by atoms with Crippen LogP contribution in [-0.2, 0) is 27.2 Å². The molecule has 158 valence electrons. The molecule has 0 fully saturated rings. The first-order chi connectivity index (χ1) is 14.5. The van der Waals surface area contributed by atoms with Gasteiger partial charge in [0.25, 0.3) is 5.91 Å². The average Bonchev–Trinajstić information content (AvgIpc) is 3.23. The fourth-order valence-corrected chi connectivity index (χ4v) is 3.78. The number of aryl methyl sites for hydroxylation is 3. The van der Waals surface area contributed by atoms with Crippen molar-refractivity contribution in [2.24, 2.45) is 0 Å². The van der Waals surface area contributed by atoms with Gasteiger partial charge in [-0.3, -0.25) is 14.4 Å². The van der Waals surface area contributed by atoms with E-state index in [1.165, 1.54) is 11.1 Å². The Morgan fingerprint density at radius 3 is 2.47 bits per heavy atom. The lowest BCUT2D eigenvalue weighted by atomic mass is 10.0. The van der Waals surface area contributed by atoms with E-state index in [9.17, 15) is 14.4 Å². The van der Waals surface area contributed by atoms with Gasteiger partial charge in [-0.2, -0.15) is 0 Å². The summed E-state index contributed by atoms with van der Waals surface area (Å²) in [6, 6.07) is 13.6. The van der Waals surface area contributed by atoms with Crippen LogP contribution < -0.4 is 5.32 Å². The van der Waals surface area contributed by atoms with E-state index >= 15 is 0 Å². The van der Waals surface area contributed by atoms with Gasteiger partial charge in [-0.1, -0.05) is 48.9 Å². The number of ether oxygens (including phenoxy) is 1. The summed E-state index contributed by atoms with van der Waals surface area (Å²) in [7, 11) is 0. The molecule has 0 bridgehead atoms. The van der Waals surface area contributed by atoms with Crippen LogP contribution in [0.1, 0.15) is 71.3 Å². The summed E-state index contributed by atoms with van der Waals surface area (Å²) in [4.78, 5) is 36.5. The maximum Gasteiger partial charge on any atom is 0.306 e. The first-order valence-electron chi connectivity index (χ1n) is 10.6. The molecule has 2 aromatic carbocycles. The number of hydrogen-bond acceptors (Lipinski definition) is 4. The lowest BCUT2D eigenvalue weighted by molar-refractivity contribution is -0.148. The normalized spacial score (nSPS) is 13.4. The Balaban J connectivity index is 1.42. The second kappa shape index (κ2) is 10.2. The van der Waals surface area contributed by atoms with Gasteiger partial charge in [-0.05, 0) is 55.4 Å². The molecule has 0 unspecified atom stereocenters. The summed E-state index contributed by atoms with van der Waals surface area (Å²) in [5.74, 6) is -0.958. The number of fused-ring (bicyclic) bond motifs is 1. The minimum Gasteiger partial charge on any atom is -0.456 e. The predicted octanol–water partition coefficient (Wildman–Crippen LogP) is 4.26. The van der Waals surface area contributed by atoms with Crippen molar-refractivity contribution in [2.75, 3.05) is 6.61 Å². The fourth-order valence-electron chi connectivity index (χ4n) is 3.78. The average molecular weight is 408 g/mol. The number of rotatable bonds is 9. The molecule has 5 heteroatoms. The lowest BCUT2D eigenvalue weighted by Gasteiger charge is -2.17. The predicted molar refractivity (Wildman–Crippen MR) is 115 cm³/mol. The molecule has 0 aliphatic heterocycles. The van der Waals surface area contributed by atoms with E-state index in [1.54, 1.807) is 0 Å².